The number of amidine groups is 1. The summed E-state index contributed by atoms with van der Waals surface area (Å²) >= 11 is 1.16. The van der Waals surface area contributed by atoms with E-state index >= 15 is 0 Å². The highest BCUT2D eigenvalue weighted by Gasteiger charge is 2.71. The minimum atomic E-state index is -1.23. The predicted molar refractivity (Wildman–Crippen MR) is 139 cm³/mol. The van der Waals surface area contributed by atoms with Crippen molar-refractivity contribution in [3.8, 4) is 0 Å². The van der Waals surface area contributed by atoms with Crippen molar-refractivity contribution in [2.24, 2.45) is 4.99 Å². The molecule has 0 aromatic heterocycles. The minimum absolute atomic E-state index is 0.209. The average Bonchev–Trinajstić information content (AvgIpc) is 3.39. The van der Waals surface area contributed by atoms with Gasteiger partial charge in [0, 0.05) is 30.8 Å². The van der Waals surface area contributed by atoms with Crippen LogP contribution in [0.4, 0.5) is 4.79 Å². The topological polar surface area (TPSA) is 85.3 Å². The molecule has 8 nitrogen and oxygen atoms in total. The van der Waals surface area contributed by atoms with E-state index in [1.165, 1.54) is 0 Å². The summed E-state index contributed by atoms with van der Waals surface area (Å²) in [6.45, 7) is 0. The van der Waals surface area contributed by atoms with Crippen molar-refractivity contribution < 1.29 is 14.4 Å². The molecule has 9 heteroatoms. The van der Waals surface area contributed by atoms with Crippen LogP contribution in [0, 0.1) is 0 Å². The van der Waals surface area contributed by atoms with Gasteiger partial charge in [-0.15, -0.1) is 0 Å². The molecule has 3 aromatic rings. The first kappa shape index (κ1) is 22.0. The summed E-state index contributed by atoms with van der Waals surface area (Å²) in [5.74, 6) is -0.467. The van der Waals surface area contributed by atoms with Crippen molar-refractivity contribution >= 4 is 34.5 Å². The standard InChI is InChI=1S/C28H21N5O3S/c1-31-26(36)32(2)28(18-13-7-4-8-14-18)27(31,17-11-5-3-6-12-17)29-25-33(30-28)21-22(34)19-15-9-10-16-20(19)23(35)24(21)37-25/h3-16,30H,1-2H3/t27-,28-/m0/s1. The van der Waals surface area contributed by atoms with Gasteiger partial charge in [-0.3, -0.25) is 19.4 Å². The molecule has 2 atom stereocenters. The van der Waals surface area contributed by atoms with Gasteiger partial charge < -0.3 is 0 Å². The molecular weight excluding hydrogens is 486 g/mol. The zero-order valence-electron chi connectivity index (χ0n) is 20.0. The van der Waals surface area contributed by atoms with Gasteiger partial charge >= 0.3 is 6.03 Å². The van der Waals surface area contributed by atoms with Crippen LogP contribution in [0.3, 0.4) is 0 Å². The molecule has 0 unspecified atom stereocenters. The summed E-state index contributed by atoms with van der Waals surface area (Å²) in [4.78, 5) is 49.8. The number of nitrogens with one attached hydrogen (secondary N) is 1. The number of carbonyl (C=O) groups is 3. The zero-order chi connectivity index (χ0) is 25.5. The van der Waals surface area contributed by atoms with E-state index in [1.807, 2.05) is 60.7 Å². The van der Waals surface area contributed by atoms with Crippen LogP contribution in [0.2, 0.25) is 0 Å². The number of aliphatic imine (C=N–C) groups is 1. The number of amides is 2. The number of urea groups is 1. The van der Waals surface area contributed by atoms with E-state index in [0.29, 0.717) is 21.2 Å². The highest BCUT2D eigenvalue weighted by molar-refractivity contribution is 8.18. The molecule has 1 fully saturated rings. The van der Waals surface area contributed by atoms with Crippen molar-refractivity contribution in [1.82, 2.24) is 20.2 Å². The third-order valence-electron chi connectivity index (χ3n) is 7.63. The molecule has 4 aliphatic rings. The van der Waals surface area contributed by atoms with Gasteiger partial charge in [-0.05, 0) is 17.3 Å². The number of fused-ring (bicyclic) bond motifs is 4. The number of benzene rings is 3. The Morgan fingerprint density at radius 2 is 1.30 bits per heavy atom. The Kier molecular flexibility index (Phi) is 4.41. The molecule has 37 heavy (non-hydrogen) atoms. The van der Waals surface area contributed by atoms with Gasteiger partial charge in [-0.25, -0.2) is 14.8 Å². The van der Waals surface area contributed by atoms with Crippen LogP contribution in [0.15, 0.2) is 101 Å². The third kappa shape index (κ3) is 2.52. The van der Waals surface area contributed by atoms with Gasteiger partial charge in [0.1, 0.15) is 5.70 Å². The summed E-state index contributed by atoms with van der Waals surface area (Å²) in [6, 6.07) is 25.9. The molecule has 0 saturated carbocycles. The lowest BCUT2D eigenvalue weighted by Crippen LogP contribution is -2.70. The van der Waals surface area contributed by atoms with Crippen molar-refractivity contribution in [1.29, 1.82) is 0 Å². The summed E-state index contributed by atoms with van der Waals surface area (Å²) < 4.78 is 0. The molecule has 3 aromatic carbocycles. The number of Topliss-reactive ketones (excluding diaryl/α,β-unsaturated/α-hetero) is 2. The monoisotopic (exact) mass is 507 g/mol. The molecule has 7 rings (SSSR count). The van der Waals surface area contributed by atoms with E-state index in [2.05, 4.69) is 5.43 Å². The fourth-order valence-corrected chi connectivity index (χ4v) is 6.99. The van der Waals surface area contributed by atoms with Gasteiger partial charge in [0.2, 0.25) is 17.2 Å². The largest absolute Gasteiger partial charge is 0.323 e. The lowest BCUT2D eigenvalue weighted by Gasteiger charge is -2.52. The number of hydrogen-bond donors (Lipinski definition) is 1. The Bertz CT molecular complexity index is 1590. The van der Waals surface area contributed by atoms with Crippen LogP contribution >= 0.6 is 11.8 Å². The maximum atomic E-state index is 13.7. The van der Waals surface area contributed by atoms with Crippen LogP contribution < -0.4 is 5.43 Å². The molecule has 1 N–H and O–H groups in total. The molecule has 1 saturated heterocycles. The lowest BCUT2D eigenvalue weighted by atomic mass is 9.80. The lowest BCUT2D eigenvalue weighted by molar-refractivity contribution is -0.0189. The summed E-state index contributed by atoms with van der Waals surface area (Å²) in [5, 5.41) is 2.04. The number of nitrogens with zero attached hydrogens (tertiary/aromatic N) is 4. The minimum Gasteiger partial charge on any atom is -0.299 e. The van der Waals surface area contributed by atoms with Crippen molar-refractivity contribution in [2.75, 3.05) is 14.1 Å². The third-order valence-corrected chi connectivity index (χ3v) is 8.67. The Morgan fingerprint density at radius 1 is 0.730 bits per heavy atom. The Hall–Kier alpha value is -4.21. The molecule has 3 aliphatic heterocycles. The number of ketones is 2. The quantitative estimate of drug-likeness (QED) is 0.566. The second-order valence-electron chi connectivity index (χ2n) is 9.34. The van der Waals surface area contributed by atoms with Gasteiger partial charge in [-0.1, -0.05) is 84.9 Å². The van der Waals surface area contributed by atoms with Gasteiger partial charge in [0.05, 0.1) is 4.91 Å². The number of carbonyl (C=O) groups excluding carboxylic acids is 3. The smallest absolute Gasteiger partial charge is 0.299 e. The zero-order valence-corrected chi connectivity index (χ0v) is 20.8. The normalized spacial score (nSPS) is 26.2. The SMILES string of the molecule is CN1C(=O)N(C)[C@]2(c3ccccc3)NN3C(=N[C@@]12c1ccccc1)SC1=C3C(=O)c2ccccc2C1=O. The van der Waals surface area contributed by atoms with Gasteiger partial charge in [-0.2, -0.15) is 5.43 Å². The first-order valence-electron chi connectivity index (χ1n) is 11.8. The number of likely N-dealkylation sites (N-methyl/N-ethyl adjacent to an activating group) is 2. The predicted octanol–water partition coefficient (Wildman–Crippen LogP) is 3.90. The summed E-state index contributed by atoms with van der Waals surface area (Å²) in [6.07, 6.45) is 0. The van der Waals surface area contributed by atoms with Crippen LogP contribution in [-0.2, 0) is 11.3 Å². The molecule has 0 radical (unpaired) electrons. The maximum Gasteiger partial charge on any atom is 0.323 e. The second-order valence-corrected chi connectivity index (χ2v) is 10.3. The number of hydrogen-bond acceptors (Lipinski definition) is 7. The van der Waals surface area contributed by atoms with Crippen molar-refractivity contribution in [3.05, 3.63) is 118 Å². The molecular formula is C28H21N5O3S. The number of allylic oxidation sites excluding steroid dienone is 2. The highest BCUT2D eigenvalue weighted by atomic mass is 32.2. The van der Waals surface area contributed by atoms with Crippen molar-refractivity contribution in [2.45, 2.75) is 11.3 Å². The number of thioether (sulfide) groups is 1. The second kappa shape index (κ2) is 7.41. The number of hydrazine groups is 1. The van der Waals surface area contributed by atoms with Crippen LogP contribution in [0.25, 0.3) is 0 Å². The fraction of sp³-hybridized carbons (Fsp3) is 0.143. The highest BCUT2D eigenvalue weighted by Crippen LogP contribution is 2.57. The molecule has 0 bridgehead atoms. The fourth-order valence-electron chi connectivity index (χ4n) is 5.92. The van der Waals surface area contributed by atoms with Crippen molar-refractivity contribution in [3.63, 3.8) is 0 Å². The maximum absolute atomic E-state index is 13.7. The van der Waals surface area contributed by atoms with E-state index in [9.17, 15) is 14.4 Å². The summed E-state index contributed by atoms with van der Waals surface area (Å²) in [7, 11) is 3.46. The molecule has 0 spiro atoms. The average molecular weight is 508 g/mol. The van der Waals surface area contributed by atoms with Crippen LogP contribution in [0.1, 0.15) is 31.8 Å². The molecule has 2 amide bonds. The van der Waals surface area contributed by atoms with Gasteiger partial charge in [0.25, 0.3) is 0 Å². The summed E-state index contributed by atoms with van der Waals surface area (Å²) in [5.41, 5.74) is 3.66. The van der Waals surface area contributed by atoms with Crippen LogP contribution in [-0.4, -0.2) is 51.7 Å². The first-order valence-corrected chi connectivity index (χ1v) is 12.6. The molecule has 3 heterocycles. The van der Waals surface area contributed by atoms with E-state index in [-0.39, 0.29) is 23.3 Å². The Labute approximate surface area is 217 Å². The first-order chi connectivity index (χ1) is 17.9. The van der Waals surface area contributed by atoms with E-state index < -0.39 is 11.3 Å². The van der Waals surface area contributed by atoms with Crippen LogP contribution in [0.5, 0.6) is 0 Å². The Morgan fingerprint density at radius 3 is 1.95 bits per heavy atom. The molecule has 182 valence electrons. The van der Waals surface area contributed by atoms with E-state index in [0.717, 1.165) is 22.9 Å². The van der Waals surface area contributed by atoms with E-state index in [4.69, 9.17) is 4.99 Å². The number of rotatable bonds is 2. The van der Waals surface area contributed by atoms with E-state index in [1.54, 1.807) is 53.2 Å². The van der Waals surface area contributed by atoms with Gasteiger partial charge in [0.15, 0.2) is 10.8 Å². The Balaban J connectivity index is 1.52. The molecule has 1 aliphatic carbocycles.